The van der Waals surface area contributed by atoms with Gasteiger partial charge in [-0.2, -0.15) is 39.5 Å². The van der Waals surface area contributed by atoms with Gasteiger partial charge in [0, 0.05) is 21.5 Å². The van der Waals surface area contributed by atoms with E-state index in [2.05, 4.69) is 9.69 Å². The Kier molecular flexibility index (Phi) is 10.0. The summed E-state index contributed by atoms with van der Waals surface area (Å²) in [6.07, 6.45) is -14.1. The molecule has 2 aromatic heterocycles. The zero-order valence-corrected chi connectivity index (χ0v) is 35.6. The fraction of sp³-hybridized carbons (Fsp3) is 0.0909. The largest absolute Gasteiger partial charge is 0.416 e. The van der Waals surface area contributed by atoms with Crippen molar-refractivity contribution in [1.29, 1.82) is 0 Å². The molecular weight excluding hydrogens is 888 g/mol. The number of nitrogens with zero attached hydrogens (tertiary/aromatic N) is 4. The first-order chi connectivity index (χ1) is 32.3. The first-order valence-electron chi connectivity index (χ1n) is 20.9. The van der Waals surface area contributed by atoms with E-state index in [-0.39, 0.29) is 22.6 Å². The predicted molar refractivity (Wildman–Crippen MR) is 248 cm³/mol. The lowest BCUT2D eigenvalue weighted by Gasteiger charge is -2.22. The van der Waals surface area contributed by atoms with Gasteiger partial charge >= 0.3 is 18.5 Å². The molecule has 2 heterocycles. The Morgan fingerprint density at radius 3 is 1.31 bits per heavy atom. The van der Waals surface area contributed by atoms with E-state index in [1.54, 1.807) is 92.7 Å². The van der Waals surface area contributed by atoms with Crippen LogP contribution in [-0.2, 0) is 18.5 Å². The van der Waals surface area contributed by atoms with Crippen LogP contribution in [0.1, 0.15) is 27.8 Å². The molecule has 4 nitrogen and oxygen atoms in total. The van der Waals surface area contributed by atoms with Gasteiger partial charge in [0.15, 0.2) is 11.4 Å². The zero-order chi connectivity index (χ0) is 48.0. The molecule has 0 fully saturated rings. The van der Waals surface area contributed by atoms with Crippen molar-refractivity contribution in [2.75, 3.05) is 0 Å². The van der Waals surface area contributed by atoms with E-state index in [1.165, 1.54) is 18.2 Å². The Morgan fingerprint density at radius 1 is 0.397 bits per heavy atom. The molecule has 0 atom stereocenters. The van der Waals surface area contributed by atoms with Gasteiger partial charge in [0.05, 0.1) is 63.3 Å². The third-order valence-corrected chi connectivity index (χ3v) is 12.3. The van der Waals surface area contributed by atoms with Crippen LogP contribution in [0.25, 0.3) is 98.1 Å². The van der Waals surface area contributed by atoms with Crippen molar-refractivity contribution in [3.8, 4) is 44.8 Å². The van der Waals surface area contributed by atoms with Crippen molar-refractivity contribution in [1.82, 2.24) is 9.13 Å². The van der Waals surface area contributed by atoms with Crippen molar-refractivity contribution in [3.05, 3.63) is 202 Å². The van der Waals surface area contributed by atoms with Crippen molar-refractivity contribution in [2.24, 2.45) is 0 Å². The summed E-state index contributed by atoms with van der Waals surface area (Å²) in [4.78, 5) is 7.24. The SMILES string of the molecule is [C-]#[N+]c1cc(-n2c3ccccc3c3cc(-c4cc(C)cc(C(F)(F)F)c4)ccc32)c(-n2c3ccccc3c3cc(-c4cc(C)cc(C(F)(F)F)c4)ccc32)cc1-c1c([N+]#[C-])cccc1C(F)(F)F. The molecule has 334 valence electrons. The standard InChI is InChI=1S/C55H31F9N4/c1-30-20-34(24-36(22-30)53(56,57)58)32-16-18-48-40(26-32)38-10-5-7-14-46(38)67(48)50-28-42(52-43(55(62,63)64)12-9-13-44(52)65-3)45(66-4)29-51(50)68-47-15-8-6-11-39(47)41-27-33(17-19-49(41)68)35-21-31(2)23-37(25-35)54(59,60)61/h5-29H,1-2H3. The summed E-state index contributed by atoms with van der Waals surface area (Å²) in [5, 5.41) is 2.59. The maximum absolute atomic E-state index is 15.0. The minimum Gasteiger partial charge on any atom is -0.308 e. The van der Waals surface area contributed by atoms with Gasteiger partial charge in [-0.25, -0.2) is 9.69 Å². The molecule has 0 saturated heterocycles. The van der Waals surface area contributed by atoms with Gasteiger partial charge in [-0.05, 0) is 131 Å². The van der Waals surface area contributed by atoms with E-state index in [0.717, 1.165) is 36.4 Å². The average Bonchev–Trinajstić information content (AvgIpc) is 3.81. The highest BCUT2D eigenvalue weighted by molar-refractivity contribution is 6.13. The van der Waals surface area contributed by atoms with Gasteiger partial charge in [-0.3, -0.25) is 0 Å². The van der Waals surface area contributed by atoms with Crippen LogP contribution in [-0.4, -0.2) is 9.13 Å². The van der Waals surface area contributed by atoms with Crippen LogP contribution in [0, 0.1) is 27.0 Å². The molecule has 0 radical (unpaired) electrons. The van der Waals surface area contributed by atoms with Crippen LogP contribution in [0.4, 0.5) is 50.9 Å². The summed E-state index contributed by atoms with van der Waals surface area (Å²) in [5.41, 5.74) is 1.40. The molecule has 0 aliphatic rings. The first-order valence-corrected chi connectivity index (χ1v) is 20.9. The van der Waals surface area contributed by atoms with Crippen LogP contribution in [0.3, 0.4) is 0 Å². The van der Waals surface area contributed by atoms with Crippen molar-refractivity contribution >= 4 is 55.0 Å². The lowest BCUT2D eigenvalue weighted by molar-refractivity contribution is -0.138. The minimum atomic E-state index is -4.93. The number of aromatic nitrogens is 2. The number of rotatable bonds is 5. The van der Waals surface area contributed by atoms with Gasteiger partial charge in [0.1, 0.15) is 0 Å². The second-order valence-electron chi connectivity index (χ2n) is 16.6. The Labute approximate surface area is 382 Å². The predicted octanol–water partition coefficient (Wildman–Crippen LogP) is 17.7. The fourth-order valence-electron chi connectivity index (χ4n) is 9.42. The molecule has 0 spiro atoms. The third-order valence-electron chi connectivity index (χ3n) is 12.3. The highest BCUT2D eigenvalue weighted by atomic mass is 19.4. The monoisotopic (exact) mass is 918 g/mol. The van der Waals surface area contributed by atoms with E-state index in [9.17, 15) is 39.5 Å². The summed E-state index contributed by atoms with van der Waals surface area (Å²) in [6, 6.07) is 38.7. The van der Waals surface area contributed by atoms with Crippen LogP contribution in [0.5, 0.6) is 0 Å². The number of halogens is 9. The second kappa shape index (κ2) is 15.7. The molecule has 8 aromatic carbocycles. The topological polar surface area (TPSA) is 18.6 Å². The number of alkyl halides is 9. The summed E-state index contributed by atoms with van der Waals surface area (Å²) >= 11 is 0. The lowest BCUT2D eigenvalue weighted by Crippen LogP contribution is -2.08. The molecule has 10 rings (SSSR count). The Morgan fingerprint density at radius 2 is 0.853 bits per heavy atom. The number of fused-ring (bicyclic) bond motifs is 6. The number of benzene rings is 8. The molecule has 68 heavy (non-hydrogen) atoms. The van der Waals surface area contributed by atoms with E-state index < -0.39 is 40.8 Å². The Bertz CT molecular complexity index is 3820. The van der Waals surface area contributed by atoms with Crippen molar-refractivity contribution in [2.45, 2.75) is 32.4 Å². The molecule has 0 aliphatic heterocycles. The molecule has 10 aromatic rings. The maximum Gasteiger partial charge on any atom is 0.416 e. The zero-order valence-electron chi connectivity index (χ0n) is 35.6. The minimum absolute atomic E-state index is 0.164. The summed E-state index contributed by atoms with van der Waals surface area (Å²) in [7, 11) is 0. The van der Waals surface area contributed by atoms with E-state index in [1.807, 2.05) is 27.3 Å². The normalized spacial score (nSPS) is 12.3. The van der Waals surface area contributed by atoms with Gasteiger partial charge in [-0.1, -0.05) is 78.9 Å². The molecule has 0 aliphatic carbocycles. The van der Waals surface area contributed by atoms with Gasteiger partial charge in [-0.15, -0.1) is 0 Å². The van der Waals surface area contributed by atoms with Crippen LogP contribution >= 0.6 is 0 Å². The van der Waals surface area contributed by atoms with Crippen molar-refractivity contribution in [3.63, 3.8) is 0 Å². The van der Waals surface area contributed by atoms with Gasteiger partial charge < -0.3 is 9.13 Å². The molecule has 0 bridgehead atoms. The van der Waals surface area contributed by atoms with Crippen LogP contribution < -0.4 is 0 Å². The number of hydrogen-bond acceptors (Lipinski definition) is 0. The first kappa shape index (κ1) is 43.6. The van der Waals surface area contributed by atoms with E-state index >= 15 is 0 Å². The molecule has 0 saturated carbocycles. The summed E-state index contributed by atoms with van der Waals surface area (Å²) in [6.45, 7) is 19.5. The maximum atomic E-state index is 15.0. The van der Waals surface area contributed by atoms with Crippen molar-refractivity contribution < 1.29 is 39.5 Å². The van der Waals surface area contributed by atoms with Gasteiger partial charge in [0.2, 0.25) is 0 Å². The number of para-hydroxylation sites is 2. The summed E-state index contributed by atoms with van der Waals surface area (Å²) < 4.78 is 133. The smallest absolute Gasteiger partial charge is 0.308 e. The summed E-state index contributed by atoms with van der Waals surface area (Å²) in [5.74, 6) is 0. The quantitative estimate of drug-likeness (QED) is 0.121. The molecule has 13 heteroatoms. The lowest BCUT2D eigenvalue weighted by atomic mass is 9.94. The molecular formula is C55H31F9N4. The molecule has 0 amide bonds. The van der Waals surface area contributed by atoms with Gasteiger partial charge in [0.25, 0.3) is 0 Å². The number of hydrogen-bond donors (Lipinski definition) is 0. The second-order valence-corrected chi connectivity index (χ2v) is 16.6. The van der Waals surface area contributed by atoms with Crippen LogP contribution in [0.15, 0.2) is 152 Å². The average molecular weight is 919 g/mol. The van der Waals surface area contributed by atoms with E-state index in [0.29, 0.717) is 82.7 Å². The fourth-order valence-corrected chi connectivity index (χ4v) is 9.42. The highest BCUT2D eigenvalue weighted by Crippen LogP contribution is 2.49. The van der Waals surface area contributed by atoms with Crippen LogP contribution in [0.2, 0.25) is 0 Å². The Hall–Kier alpha value is -8.29. The molecule has 0 N–H and O–H groups in total. The Balaban J connectivity index is 1.32. The highest BCUT2D eigenvalue weighted by Gasteiger charge is 2.36. The molecule has 0 unspecified atom stereocenters. The third kappa shape index (κ3) is 7.28. The number of aryl methyl sites for hydroxylation is 2. The van der Waals surface area contributed by atoms with E-state index in [4.69, 9.17) is 13.1 Å².